The second kappa shape index (κ2) is 11.1. The summed E-state index contributed by atoms with van der Waals surface area (Å²) in [6.45, 7) is 1.99. The molecule has 3 aromatic rings. The Labute approximate surface area is 198 Å². The van der Waals surface area contributed by atoms with E-state index in [0.29, 0.717) is 27.2 Å². The molecule has 0 aliphatic heterocycles. The number of amides is 2. The normalized spacial score (nSPS) is 10.9. The van der Waals surface area contributed by atoms with Crippen LogP contribution in [0.4, 0.5) is 5.69 Å². The summed E-state index contributed by atoms with van der Waals surface area (Å²) < 4.78 is 15.8. The summed E-state index contributed by atoms with van der Waals surface area (Å²) in [5.41, 5.74) is 1.45. The second-order valence-corrected chi connectivity index (χ2v) is 7.42. The van der Waals surface area contributed by atoms with Gasteiger partial charge in [0.25, 0.3) is 11.8 Å². The average Bonchev–Trinajstić information content (AvgIpc) is 3.26. The van der Waals surface area contributed by atoms with Crippen molar-refractivity contribution in [2.24, 2.45) is 0 Å². The first-order valence-corrected chi connectivity index (χ1v) is 10.7. The Morgan fingerprint density at radius 2 is 1.70 bits per heavy atom. The molecule has 3 rings (SSSR count). The number of rotatable bonds is 8. The standard InChI is InChI=1S/C24H21BrN2O6/c1-3-32-24(30)16-6-8-17(9-7-16)26-22(28)19(14-15-4-10-18(31-2)11-5-15)27-23(29)20-12-13-21(25)33-20/h4-14H,3H2,1-2H3,(H,26,28)(H,27,29)/b19-14-. The topological polar surface area (TPSA) is 107 Å². The number of furan rings is 1. The number of carbonyl (C=O) groups excluding carboxylic acids is 3. The largest absolute Gasteiger partial charge is 0.497 e. The molecule has 33 heavy (non-hydrogen) atoms. The number of carbonyl (C=O) groups is 3. The van der Waals surface area contributed by atoms with E-state index in [1.54, 1.807) is 68.6 Å². The van der Waals surface area contributed by atoms with E-state index in [1.165, 1.54) is 12.1 Å². The molecule has 170 valence electrons. The Hall–Kier alpha value is -3.85. The van der Waals surface area contributed by atoms with Gasteiger partial charge in [-0.05, 0) is 83.0 Å². The van der Waals surface area contributed by atoms with E-state index in [4.69, 9.17) is 13.9 Å². The Kier molecular flexibility index (Phi) is 8.04. The molecule has 0 aliphatic rings. The molecule has 8 nitrogen and oxygen atoms in total. The predicted octanol–water partition coefficient (Wildman–Crippen LogP) is 4.64. The van der Waals surface area contributed by atoms with Crippen LogP contribution in [-0.2, 0) is 9.53 Å². The van der Waals surface area contributed by atoms with E-state index < -0.39 is 17.8 Å². The number of esters is 1. The number of halogens is 1. The van der Waals surface area contributed by atoms with E-state index in [9.17, 15) is 14.4 Å². The zero-order chi connectivity index (χ0) is 23.8. The maximum absolute atomic E-state index is 13.0. The van der Waals surface area contributed by atoms with Gasteiger partial charge in [0.1, 0.15) is 11.4 Å². The van der Waals surface area contributed by atoms with Crippen molar-refractivity contribution in [2.75, 3.05) is 19.0 Å². The molecular formula is C24H21BrN2O6. The first kappa shape index (κ1) is 23.8. The highest BCUT2D eigenvalue weighted by Crippen LogP contribution is 2.17. The minimum atomic E-state index is -0.590. The van der Waals surface area contributed by atoms with E-state index in [2.05, 4.69) is 26.6 Å². The van der Waals surface area contributed by atoms with Crippen molar-refractivity contribution in [1.82, 2.24) is 5.32 Å². The molecule has 0 unspecified atom stereocenters. The smallest absolute Gasteiger partial charge is 0.338 e. The van der Waals surface area contributed by atoms with Crippen molar-refractivity contribution in [3.05, 3.63) is 87.9 Å². The van der Waals surface area contributed by atoms with Gasteiger partial charge >= 0.3 is 5.97 Å². The van der Waals surface area contributed by atoms with Crippen LogP contribution in [0.1, 0.15) is 33.4 Å². The molecule has 0 saturated carbocycles. The van der Waals surface area contributed by atoms with Crippen molar-refractivity contribution in [3.8, 4) is 5.75 Å². The zero-order valence-electron chi connectivity index (χ0n) is 17.9. The SMILES string of the molecule is CCOC(=O)c1ccc(NC(=O)/C(=C/c2ccc(OC)cc2)NC(=O)c2ccc(Br)o2)cc1. The van der Waals surface area contributed by atoms with Crippen LogP contribution < -0.4 is 15.4 Å². The lowest BCUT2D eigenvalue weighted by atomic mass is 10.1. The maximum atomic E-state index is 13.0. The molecule has 0 aliphatic carbocycles. The van der Waals surface area contributed by atoms with E-state index in [-0.39, 0.29) is 18.1 Å². The van der Waals surface area contributed by atoms with Crippen molar-refractivity contribution in [3.63, 3.8) is 0 Å². The third kappa shape index (κ3) is 6.56. The fourth-order valence-corrected chi connectivity index (χ4v) is 3.05. The van der Waals surface area contributed by atoms with Gasteiger partial charge in [-0.1, -0.05) is 12.1 Å². The number of hydrogen-bond donors (Lipinski definition) is 2. The van der Waals surface area contributed by atoms with Crippen LogP contribution in [0.15, 0.2) is 75.4 Å². The quantitative estimate of drug-likeness (QED) is 0.336. The van der Waals surface area contributed by atoms with Gasteiger partial charge in [0.15, 0.2) is 10.4 Å². The van der Waals surface area contributed by atoms with Gasteiger partial charge in [-0.2, -0.15) is 0 Å². The number of nitrogens with one attached hydrogen (secondary N) is 2. The average molecular weight is 513 g/mol. The van der Waals surface area contributed by atoms with Gasteiger partial charge in [0.2, 0.25) is 0 Å². The van der Waals surface area contributed by atoms with E-state index in [1.807, 2.05) is 0 Å². The van der Waals surface area contributed by atoms with Crippen molar-refractivity contribution in [1.29, 1.82) is 0 Å². The molecule has 0 spiro atoms. The van der Waals surface area contributed by atoms with Gasteiger partial charge in [0, 0.05) is 5.69 Å². The lowest BCUT2D eigenvalue weighted by molar-refractivity contribution is -0.113. The summed E-state index contributed by atoms with van der Waals surface area (Å²) in [5, 5.41) is 5.29. The molecule has 0 bridgehead atoms. The third-order valence-corrected chi connectivity index (χ3v) is 4.80. The van der Waals surface area contributed by atoms with Crippen molar-refractivity contribution >= 4 is 45.5 Å². The molecule has 2 N–H and O–H groups in total. The summed E-state index contributed by atoms with van der Waals surface area (Å²) in [7, 11) is 1.55. The van der Waals surface area contributed by atoms with Gasteiger partial charge < -0.3 is 24.5 Å². The fourth-order valence-electron chi connectivity index (χ4n) is 2.75. The lowest BCUT2D eigenvalue weighted by Gasteiger charge is -2.11. The summed E-state index contributed by atoms with van der Waals surface area (Å²) in [6.07, 6.45) is 1.53. The molecule has 0 atom stereocenters. The Bertz CT molecular complexity index is 1170. The van der Waals surface area contributed by atoms with E-state index in [0.717, 1.165) is 0 Å². The highest BCUT2D eigenvalue weighted by molar-refractivity contribution is 9.10. The van der Waals surface area contributed by atoms with Crippen LogP contribution in [0.25, 0.3) is 6.08 Å². The highest BCUT2D eigenvalue weighted by Gasteiger charge is 2.18. The van der Waals surface area contributed by atoms with Crippen LogP contribution in [0.2, 0.25) is 0 Å². The number of benzene rings is 2. The third-order valence-electron chi connectivity index (χ3n) is 4.37. The minimum absolute atomic E-state index is 0.00726. The molecule has 1 heterocycles. The van der Waals surface area contributed by atoms with Crippen LogP contribution in [-0.4, -0.2) is 31.5 Å². The fraction of sp³-hybridized carbons (Fsp3) is 0.125. The number of anilines is 1. The van der Waals surface area contributed by atoms with Crippen molar-refractivity contribution < 1.29 is 28.3 Å². The molecule has 2 aromatic carbocycles. The second-order valence-electron chi connectivity index (χ2n) is 6.64. The zero-order valence-corrected chi connectivity index (χ0v) is 19.5. The molecule has 0 saturated heterocycles. The molecule has 1 aromatic heterocycles. The van der Waals surface area contributed by atoms with Crippen LogP contribution in [0.5, 0.6) is 5.75 Å². The molecule has 0 fully saturated rings. The Morgan fingerprint density at radius 1 is 1.00 bits per heavy atom. The van der Waals surface area contributed by atoms with Gasteiger partial charge in [-0.25, -0.2) is 4.79 Å². The lowest BCUT2D eigenvalue weighted by Crippen LogP contribution is -2.30. The van der Waals surface area contributed by atoms with E-state index >= 15 is 0 Å². The van der Waals surface area contributed by atoms with Crippen LogP contribution in [0, 0.1) is 0 Å². The molecular weight excluding hydrogens is 492 g/mol. The summed E-state index contributed by atoms with van der Waals surface area (Å²) in [6, 6.07) is 16.2. The molecule has 0 radical (unpaired) electrons. The first-order chi connectivity index (χ1) is 15.9. The number of ether oxygens (including phenoxy) is 2. The minimum Gasteiger partial charge on any atom is -0.497 e. The van der Waals surface area contributed by atoms with Crippen molar-refractivity contribution in [2.45, 2.75) is 6.92 Å². The highest BCUT2D eigenvalue weighted by atomic mass is 79.9. The summed E-state index contributed by atoms with van der Waals surface area (Å²) >= 11 is 3.15. The molecule has 9 heteroatoms. The summed E-state index contributed by atoms with van der Waals surface area (Å²) in [5.74, 6) is -0.910. The van der Waals surface area contributed by atoms with Crippen LogP contribution in [0.3, 0.4) is 0 Å². The maximum Gasteiger partial charge on any atom is 0.338 e. The Balaban J connectivity index is 1.82. The summed E-state index contributed by atoms with van der Waals surface area (Å²) in [4.78, 5) is 37.4. The molecule has 2 amide bonds. The monoisotopic (exact) mass is 512 g/mol. The van der Waals surface area contributed by atoms with Gasteiger partial charge in [-0.15, -0.1) is 0 Å². The predicted molar refractivity (Wildman–Crippen MR) is 126 cm³/mol. The van der Waals surface area contributed by atoms with Gasteiger partial charge in [0.05, 0.1) is 19.3 Å². The Morgan fingerprint density at radius 3 is 2.27 bits per heavy atom. The number of hydrogen-bond acceptors (Lipinski definition) is 6. The first-order valence-electron chi connectivity index (χ1n) is 9.90. The van der Waals surface area contributed by atoms with Gasteiger partial charge in [-0.3, -0.25) is 9.59 Å². The number of methoxy groups -OCH3 is 1. The van der Waals surface area contributed by atoms with Crippen LogP contribution >= 0.6 is 15.9 Å².